The number of hydrogen-bond acceptors (Lipinski definition) is 42. The number of nitrogens with two attached hydrogens (primary N) is 2. The van der Waals surface area contributed by atoms with Crippen LogP contribution >= 0.6 is 0 Å². The molecule has 21 N–H and O–H groups in total. The number of quaternary nitrogens is 1. The van der Waals surface area contributed by atoms with Gasteiger partial charge in [0.25, 0.3) is 0 Å². The highest BCUT2D eigenvalue weighted by Gasteiger charge is 2.62. The van der Waals surface area contributed by atoms with Crippen LogP contribution in [-0.2, 0) is 114 Å². The molecule has 0 spiro atoms. The number of likely N-dealkylation sites (N-methyl/N-ethyl adjacent to an activating group) is 3. The molecule has 45 heteroatoms. The van der Waals surface area contributed by atoms with Crippen LogP contribution in [0.15, 0.2) is 0 Å². The minimum atomic E-state index is -1.91. The van der Waals surface area contributed by atoms with E-state index in [2.05, 4.69) is 22.9 Å². The van der Waals surface area contributed by atoms with E-state index in [0.717, 1.165) is 32.1 Å². The van der Waals surface area contributed by atoms with Crippen molar-refractivity contribution in [3.63, 3.8) is 0 Å². The summed E-state index contributed by atoms with van der Waals surface area (Å²) in [6.07, 6.45) is -28.3. The summed E-state index contributed by atoms with van der Waals surface area (Å²) in [6, 6.07) is -9.47. The van der Waals surface area contributed by atoms with Crippen LogP contribution < -0.4 is 27.4 Å². The first-order chi connectivity index (χ1) is 61.1. The number of methoxy groups -OCH3 is 2. The second-order valence-electron chi connectivity index (χ2n) is 34.2. The van der Waals surface area contributed by atoms with Gasteiger partial charge in [0.2, 0.25) is 18.1 Å². The van der Waals surface area contributed by atoms with E-state index in [0.29, 0.717) is 12.8 Å². The summed E-state index contributed by atoms with van der Waals surface area (Å²) in [5.74, 6) is -1.24. The Morgan fingerprint density at radius 1 is 0.362 bits per heavy atom. The van der Waals surface area contributed by atoms with Crippen molar-refractivity contribution in [3.8, 4) is 0 Å². The van der Waals surface area contributed by atoms with Gasteiger partial charge in [-0.25, -0.2) is 0 Å². The summed E-state index contributed by atoms with van der Waals surface area (Å²) in [4.78, 5) is 29.5. The number of unbranched alkanes of at least 4 members (excludes halogenated alkanes) is 12. The lowest BCUT2D eigenvalue weighted by atomic mass is 9.92. The Morgan fingerprint density at radius 2 is 0.654 bits per heavy atom. The molecule has 45 nitrogen and oxygen atoms in total. The fourth-order valence-corrected chi connectivity index (χ4v) is 17.2. The highest BCUT2D eigenvalue weighted by atomic mass is 16.8. The van der Waals surface area contributed by atoms with Gasteiger partial charge in [0.1, 0.15) is 140 Å². The third kappa shape index (κ3) is 32.8. The van der Waals surface area contributed by atoms with Gasteiger partial charge >= 0.3 is 0 Å². The second-order valence-corrected chi connectivity index (χ2v) is 34.2. The zero-order valence-corrected chi connectivity index (χ0v) is 75.6. The van der Waals surface area contributed by atoms with Crippen molar-refractivity contribution in [1.29, 1.82) is 0 Å². The Kier molecular flexibility index (Phi) is 51.4. The van der Waals surface area contributed by atoms with E-state index in [1.54, 1.807) is 35.2 Å². The highest BCUT2D eigenvalue weighted by Crippen LogP contribution is 2.41. The van der Waals surface area contributed by atoms with E-state index in [4.69, 9.17) is 116 Å². The fourth-order valence-electron chi connectivity index (χ4n) is 17.2. The zero-order valence-electron chi connectivity index (χ0n) is 75.6. The van der Waals surface area contributed by atoms with E-state index < -0.39 is 286 Å². The maximum Gasteiger partial charge on any atom is 0.220 e. The zero-order chi connectivity index (χ0) is 92.9. The Hall–Kier alpha value is -2.70. The summed E-state index contributed by atoms with van der Waals surface area (Å²) in [5, 5.41) is 166. The van der Waals surface area contributed by atoms with Crippen LogP contribution in [0, 0.1) is 0 Å². The molecule has 127 heavy (non-hydrogen) atoms. The van der Waals surface area contributed by atoms with Crippen molar-refractivity contribution < 1.29 is 190 Å². The summed E-state index contributed by atoms with van der Waals surface area (Å²) in [6.45, 7) is -3.62. The van der Waals surface area contributed by atoms with E-state index in [9.17, 15) is 81.1 Å². The third-order valence-corrected chi connectivity index (χ3v) is 23.6. The minimum absolute atomic E-state index is 0.0415. The average molecular weight is 1850 g/mol. The van der Waals surface area contributed by atoms with Crippen LogP contribution in [0.3, 0.4) is 0 Å². The quantitative estimate of drug-likeness (QED) is 0.0199. The first kappa shape index (κ1) is 111. The third-order valence-electron chi connectivity index (χ3n) is 23.6. The Balaban J connectivity index is 1.23. The van der Waals surface area contributed by atoms with Crippen LogP contribution in [-0.4, -0.2) is 502 Å². The van der Waals surface area contributed by atoms with Crippen molar-refractivity contribution in [2.45, 2.75) is 318 Å². The van der Waals surface area contributed by atoms with E-state index >= 15 is 0 Å². The topological polar surface area (TPSA) is 612 Å². The monoisotopic (exact) mass is 1850 g/mol. The van der Waals surface area contributed by atoms with Crippen molar-refractivity contribution in [1.82, 2.24) is 20.9 Å². The number of carbonyl (C=O) groups is 2. The number of nitrogens with one attached hydrogen (secondary N) is 3. The fraction of sp³-hybridized carbons (Fsp3) is 0.976. The molecule has 7 saturated heterocycles. The average Bonchev–Trinajstić information content (AvgIpc) is 0.741. The molecule has 35 atom stereocenters. The molecule has 746 valence electrons. The van der Waals surface area contributed by atoms with Gasteiger partial charge in [-0.15, -0.1) is 0 Å². The Bertz CT molecular complexity index is 2930. The Labute approximate surface area is 744 Å². The first-order valence-electron chi connectivity index (χ1n) is 44.9. The number of aliphatic hydroxyl groups excluding tert-OH is 14. The summed E-state index contributed by atoms with van der Waals surface area (Å²) in [7, 11) is 12.5. The summed E-state index contributed by atoms with van der Waals surface area (Å²) >= 11 is 0. The predicted molar refractivity (Wildman–Crippen MR) is 443 cm³/mol. The molecule has 0 saturated carbocycles. The molecule has 7 rings (SSSR count). The SMILES string of the molecule is CCCCCCCCCCCCCCCC(=O)NC1C(OC2C(COCCO)OC(OC3C(COCCO)OC(OC4C(COCCO)OC(OC)C(N)C4O)C(NC(C)=O)C3O)C(N(C)C)C2O)OC(COCCO)C(OC2OC(COCCO)C(OC3OC(COCCO)C(OC4OC(COCCO)C(OC)C(O)C4N)C(O)C3NC)C(O)C2[N+](C)(C)C)C1O. The maximum absolute atomic E-state index is 14.8. The van der Waals surface area contributed by atoms with Gasteiger partial charge in [-0.05, 0) is 27.6 Å². The molecule has 7 heterocycles. The van der Waals surface area contributed by atoms with E-state index in [1.807, 2.05) is 0 Å². The molecule has 2 amide bonds. The summed E-state index contributed by atoms with van der Waals surface area (Å²) in [5.41, 5.74) is 12.9. The van der Waals surface area contributed by atoms with E-state index in [-0.39, 0.29) is 90.2 Å². The van der Waals surface area contributed by atoms with Gasteiger partial charge < -0.3 is 208 Å². The van der Waals surface area contributed by atoms with Crippen molar-refractivity contribution in [2.24, 2.45) is 11.5 Å². The number of ether oxygens (including phenoxy) is 22. The lowest BCUT2D eigenvalue weighted by Gasteiger charge is -2.53. The van der Waals surface area contributed by atoms with Gasteiger partial charge in [0.05, 0.1) is 184 Å². The molecule has 0 aromatic carbocycles. The molecule has 7 aliphatic heterocycles. The molecule has 0 radical (unpaired) electrons. The van der Waals surface area contributed by atoms with Gasteiger partial charge in [-0.2, -0.15) is 0 Å². The number of aliphatic hydroxyl groups is 14. The molecular formula is C82H156N7O38+. The molecule has 7 fully saturated rings. The largest absolute Gasteiger partial charge is 0.394 e. The van der Waals surface area contributed by atoms with Crippen LogP contribution in [0.25, 0.3) is 0 Å². The molecular weight excluding hydrogens is 1690 g/mol. The molecule has 0 bridgehead atoms. The van der Waals surface area contributed by atoms with Crippen LogP contribution in [0.5, 0.6) is 0 Å². The first-order valence-corrected chi connectivity index (χ1v) is 44.9. The number of rotatable bonds is 61. The highest BCUT2D eigenvalue weighted by molar-refractivity contribution is 5.76. The van der Waals surface area contributed by atoms with Gasteiger partial charge in [0.15, 0.2) is 43.8 Å². The smallest absolute Gasteiger partial charge is 0.220 e. The molecule has 0 aromatic heterocycles. The Morgan fingerprint density at radius 3 is 1.02 bits per heavy atom. The van der Waals surface area contributed by atoms with Gasteiger partial charge in [0, 0.05) is 27.6 Å². The number of carbonyl (C=O) groups excluding carboxylic acids is 2. The second kappa shape index (κ2) is 58.7. The normalized spacial score (nSPS) is 37.6. The molecule has 0 aliphatic carbocycles. The van der Waals surface area contributed by atoms with Crippen molar-refractivity contribution in [3.05, 3.63) is 0 Å². The molecule has 7 aliphatic rings. The van der Waals surface area contributed by atoms with Crippen molar-refractivity contribution in [2.75, 3.05) is 195 Å². The lowest BCUT2D eigenvalue weighted by molar-refractivity contribution is -0.910. The van der Waals surface area contributed by atoms with Crippen LogP contribution in [0.2, 0.25) is 0 Å². The predicted octanol–water partition coefficient (Wildman–Crippen LogP) is -7.66. The van der Waals surface area contributed by atoms with Gasteiger partial charge in [-0.1, -0.05) is 84.0 Å². The van der Waals surface area contributed by atoms with Crippen LogP contribution in [0.1, 0.15) is 104 Å². The lowest BCUT2D eigenvalue weighted by Crippen LogP contribution is -2.73. The van der Waals surface area contributed by atoms with E-state index in [1.165, 1.54) is 71.6 Å². The minimum Gasteiger partial charge on any atom is -0.394 e. The standard InChI is InChI=1S/C82H155N7O38/c1-11-12-13-14-15-16-17-18-19-20-21-22-23-24-54(98)87-59-66(103)73(127-82-61(89(6,7)8)68(105)75(53(121-82)45-114-38-31-96)125-78-57(85-3)64(101)71(49(117-78)41-110-34-27-92)122-77-56(84)62(99)69(106-9)47(116-77)39-108-32-25-90)51(43-112-36-29-94)119-80(59)124-74-52(44-113-37-30-95)120-81(60(67(74)104)88(4)5)126-72-50(42-111-35-28-93)118-79(58(65(72)102)86-46(2)97)123-70-48(40-109-33-26-91)115-76(107-10)55(83)63(70)100/h47-53,55-82,85,90-96,99-105H,11-45,83-84H2,1-10H3,(H-,86,87,97,98)/p+1. The molecule has 0 aromatic rings. The van der Waals surface area contributed by atoms with Crippen molar-refractivity contribution >= 4 is 11.8 Å². The van der Waals surface area contributed by atoms with Gasteiger partial charge in [-0.3, -0.25) is 14.5 Å². The summed E-state index contributed by atoms with van der Waals surface area (Å²) < 4.78 is 138. The number of hydrogen-bond donors (Lipinski definition) is 19. The maximum atomic E-state index is 14.8. The van der Waals surface area contributed by atoms with Crippen LogP contribution in [0.4, 0.5) is 0 Å². The number of nitrogens with zero attached hydrogens (tertiary/aromatic N) is 2. The molecule has 35 unspecified atom stereocenters. The number of amides is 2.